The molecule has 3 aliphatic heterocycles. The Bertz CT molecular complexity index is 358. The summed E-state index contributed by atoms with van der Waals surface area (Å²) in [7, 11) is 0. The molecule has 120 valence electrons. The minimum atomic E-state index is 0.109. The summed E-state index contributed by atoms with van der Waals surface area (Å²) < 4.78 is 5.86. The van der Waals surface area contributed by atoms with E-state index in [1.807, 2.05) is 0 Å². The Labute approximate surface area is 127 Å². The van der Waals surface area contributed by atoms with Crippen molar-refractivity contribution in [3.63, 3.8) is 0 Å². The Hall–Kier alpha value is -0.690. The van der Waals surface area contributed by atoms with Crippen molar-refractivity contribution in [3.05, 3.63) is 0 Å². The number of morpholine rings is 1. The third kappa shape index (κ3) is 4.16. The molecule has 1 amide bonds. The van der Waals surface area contributed by atoms with Gasteiger partial charge in [0.05, 0.1) is 19.3 Å². The van der Waals surface area contributed by atoms with E-state index in [-0.39, 0.29) is 12.0 Å². The minimum absolute atomic E-state index is 0.109. The molecule has 0 spiro atoms. The number of ether oxygens (including phenoxy) is 1. The highest BCUT2D eigenvalue weighted by Crippen LogP contribution is 2.22. The minimum Gasteiger partial charge on any atom is -0.373 e. The van der Waals surface area contributed by atoms with E-state index in [2.05, 4.69) is 15.1 Å². The number of nitrogens with two attached hydrogens (primary N) is 1. The van der Waals surface area contributed by atoms with Gasteiger partial charge in [0.1, 0.15) is 0 Å². The Kier molecular flexibility index (Phi) is 5.11. The molecular weight excluding hydrogens is 268 g/mol. The van der Waals surface area contributed by atoms with Crippen molar-refractivity contribution in [2.75, 3.05) is 45.9 Å². The average Bonchev–Trinajstić information content (AvgIpc) is 2.95. The van der Waals surface area contributed by atoms with E-state index in [1.165, 1.54) is 19.4 Å². The summed E-state index contributed by atoms with van der Waals surface area (Å²) in [5.41, 5.74) is 5.88. The van der Waals surface area contributed by atoms with Gasteiger partial charge in [-0.3, -0.25) is 14.6 Å². The van der Waals surface area contributed by atoms with Gasteiger partial charge in [0, 0.05) is 38.3 Å². The van der Waals surface area contributed by atoms with Gasteiger partial charge < -0.3 is 15.8 Å². The number of piperidine rings is 1. The Morgan fingerprint density at radius 3 is 2.86 bits per heavy atom. The molecule has 2 unspecified atom stereocenters. The lowest BCUT2D eigenvalue weighted by molar-refractivity contribution is -0.124. The van der Waals surface area contributed by atoms with Crippen molar-refractivity contribution in [2.45, 2.75) is 43.9 Å². The van der Waals surface area contributed by atoms with Gasteiger partial charge in [-0.2, -0.15) is 0 Å². The lowest BCUT2D eigenvalue weighted by atomic mass is 10.1. The van der Waals surface area contributed by atoms with Gasteiger partial charge in [-0.25, -0.2) is 0 Å². The number of amides is 1. The Morgan fingerprint density at radius 2 is 2.05 bits per heavy atom. The fourth-order valence-electron chi connectivity index (χ4n) is 3.61. The van der Waals surface area contributed by atoms with Crippen LogP contribution in [0.4, 0.5) is 0 Å². The molecule has 3 rings (SSSR count). The van der Waals surface area contributed by atoms with Crippen molar-refractivity contribution >= 4 is 5.91 Å². The molecule has 0 aromatic carbocycles. The highest BCUT2D eigenvalue weighted by atomic mass is 16.5. The smallest absolute Gasteiger partial charge is 0.234 e. The van der Waals surface area contributed by atoms with Crippen LogP contribution in [0.5, 0.6) is 0 Å². The number of rotatable bonds is 4. The first-order valence-corrected chi connectivity index (χ1v) is 8.31. The second kappa shape index (κ2) is 7.05. The van der Waals surface area contributed by atoms with Gasteiger partial charge in [-0.15, -0.1) is 0 Å². The molecule has 6 nitrogen and oxygen atoms in total. The fraction of sp³-hybridized carbons (Fsp3) is 0.933. The van der Waals surface area contributed by atoms with Crippen LogP contribution in [0.1, 0.15) is 25.7 Å². The molecule has 3 fully saturated rings. The van der Waals surface area contributed by atoms with Crippen LogP contribution >= 0.6 is 0 Å². The highest BCUT2D eigenvalue weighted by molar-refractivity contribution is 5.78. The topological polar surface area (TPSA) is 70.8 Å². The Morgan fingerprint density at radius 1 is 1.24 bits per heavy atom. The van der Waals surface area contributed by atoms with Gasteiger partial charge in [0.25, 0.3) is 0 Å². The zero-order valence-electron chi connectivity index (χ0n) is 12.8. The number of nitrogens with zero attached hydrogens (tertiary/aromatic N) is 2. The van der Waals surface area contributed by atoms with Crippen molar-refractivity contribution in [1.29, 1.82) is 0 Å². The second-order valence-corrected chi connectivity index (χ2v) is 6.66. The molecule has 0 aromatic heterocycles. The summed E-state index contributed by atoms with van der Waals surface area (Å²) >= 11 is 0. The summed E-state index contributed by atoms with van der Waals surface area (Å²) in [6, 6.07) is 0.933. The summed E-state index contributed by atoms with van der Waals surface area (Å²) in [5, 5.41) is 3.03. The number of hydrogen-bond acceptors (Lipinski definition) is 5. The molecule has 3 aliphatic rings. The summed E-state index contributed by atoms with van der Waals surface area (Å²) in [6.07, 6.45) is 4.68. The quantitative estimate of drug-likeness (QED) is 0.724. The standard InChI is InChI=1S/C15H28N4O2/c16-12-3-6-18(7-4-12)10-15(20)17-8-14-9-19-5-1-2-13(19)11-21-14/h12-14H,1-11,16H2,(H,17,20). The van der Waals surface area contributed by atoms with E-state index in [1.54, 1.807) is 0 Å². The molecular formula is C15H28N4O2. The molecule has 2 atom stereocenters. The van der Waals surface area contributed by atoms with Gasteiger partial charge in [-0.05, 0) is 32.2 Å². The summed E-state index contributed by atoms with van der Waals surface area (Å²) in [6.45, 7) is 5.97. The van der Waals surface area contributed by atoms with Crippen LogP contribution in [0, 0.1) is 0 Å². The van der Waals surface area contributed by atoms with Crippen molar-refractivity contribution in [1.82, 2.24) is 15.1 Å². The third-order valence-electron chi connectivity index (χ3n) is 4.99. The molecule has 0 aliphatic carbocycles. The number of nitrogens with one attached hydrogen (secondary N) is 1. The Balaban J connectivity index is 1.34. The summed E-state index contributed by atoms with van der Waals surface area (Å²) in [5.74, 6) is 0.109. The van der Waals surface area contributed by atoms with Gasteiger partial charge in [-0.1, -0.05) is 0 Å². The van der Waals surface area contributed by atoms with E-state index in [0.29, 0.717) is 25.2 Å². The lowest BCUT2D eigenvalue weighted by Gasteiger charge is -2.35. The predicted octanol–water partition coefficient (Wildman–Crippen LogP) is -0.611. The molecule has 3 saturated heterocycles. The maximum absolute atomic E-state index is 12.0. The zero-order chi connectivity index (χ0) is 14.7. The molecule has 0 bridgehead atoms. The first kappa shape index (κ1) is 15.2. The monoisotopic (exact) mass is 296 g/mol. The number of carbonyl (C=O) groups excluding carboxylic acids is 1. The van der Waals surface area contributed by atoms with Crippen LogP contribution in [0.15, 0.2) is 0 Å². The average molecular weight is 296 g/mol. The molecule has 6 heteroatoms. The number of likely N-dealkylation sites (tertiary alicyclic amines) is 1. The number of hydrogen-bond donors (Lipinski definition) is 2. The van der Waals surface area contributed by atoms with E-state index >= 15 is 0 Å². The normalized spacial score (nSPS) is 32.0. The largest absolute Gasteiger partial charge is 0.373 e. The SMILES string of the molecule is NC1CCN(CC(=O)NCC2CN3CCCC3CO2)CC1. The van der Waals surface area contributed by atoms with Gasteiger partial charge in [0.15, 0.2) is 0 Å². The third-order valence-corrected chi connectivity index (χ3v) is 4.99. The maximum Gasteiger partial charge on any atom is 0.234 e. The highest BCUT2D eigenvalue weighted by Gasteiger charge is 2.32. The molecule has 3 heterocycles. The van der Waals surface area contributed by atoms with E-state index < -0.39 is 0 Å². The molecule has 0 saturated carbocycles. The van der Waals surface area contributed by atoms with E-state index in [4.69, 9.17) is 10.5 Å². The van der Waals surface area contributed by atoms with Crippen LogP contribution in [0.2, 0.25) is 0 Å². The molecule has 21 heavy (non-hydrogen) atoms. The van der Waals surface area contributed by atoms with Crippen LogP contribution in [-0.4, -0.2) is 79.8 Å². The van der Waals surface area contributed by atoms with Crippen molar-refractivity contribution < 1.29 is 9.53 Å². The van der Waals surface area contributed by atoms with E-state index in [0.717, 1.165) is 39.1 Å². The molecule has 3 N–H and O–H groups in total. The van der Waals surface area contributed by atoms with E-state index in [9.17, 15) is 4.79 Å². The maximum atomic E-state index is 12.0. The first-order chi connectivity index (χ1) is 10.2. The van der Waals surface area contributed by atoms with Crippen LogP contribution < -0.4 is 11.1 Å². The first-order valence-electron chi connectivity index (χ1n) is 8.31. The summed E-state index contributed by atoms with van der Waals surface area (Å²) in [4.78, 5) is 16.7. The number of fused-ring (bicyclic) bond motifs is 1. The second-order valence-electron chi connectivity index (χ2n) is 6.66. The van der Waals surface area contributed by atoms with Crippen LogP contribution in [0.25, 0.3) is 0 Å². The van der Waals surface area contributed by atoms with Crippen LogP contribution in [-0.2, 0) is 9.53 Å². The van der Waals surface area contributed by atoms with Gasteiger partial charge >= 0.3 is 0 Å². The lowest BCUT2D eigenvalue weighted by Crippen LogP contribution is -2.51. The molecule has 0 radical (unpaired) electrons. The zero-order valence-corrected chi connectivity index (χ0v) is 12.8. The van der Waals surface area contributed by atoms with Gasteiger partial charge in [0.2, 0.25) is 5.91 Å². The van der Waals surface area contributed by atoms with Crippen molar-refractivity contribution in [2.24, 2.45) is 5.73 Å². The predicted molar refractivity (Wildman–Crippen MR) is 81.0 cm³/mol. The number of carbonyl (C=O) groups is 1. The fourth-order valence-corrected chi connectivity index (χ4v) is 3.61. The van der Waals surface area contributed by atoms with Crippen LogP contribution in [0.3, 0.4) is 0 Å². The van der Waals surface area contributed by atoms with Crippen molar-refractivity contribution in [3.8, 4) is 0 Å². The molecule has 0 aromatic rings.